The molecule has 0 aromatic rings. The normalized spacial score (nSPS) is 43.8. The van der Waals surface area contributed by atoms with Crippen molar-refractivity contribution in [3.8, 4) is 0 Å². The van der Waals surface area contributed by atoms with E-state index in [0.29, 0.717) is 29.8 Å². The van der Waals surface area contributed by atoms with Gasteiger partial charge in [0.1, 0.15) is 0 Å². The summed E-state index contributed by atoms with van der Waals surface area (Å²) >= 11 is 0. The van der Waals surface area contributed by atoms with Gasteiger partial charge in [-0.2, -0.15) is 0 Å². The first-order valence-electron chi connectivity index (χ1n) is 14.3. The number of methoxy groups -OCH3 is 1. The van der Waals surface area contributed by atoms with Crippen LogP contribution in [-0.2, 0) is 14.0 Å². The van der Waals surface area contributed by atoms with Crippen LogP contribution in [0, 0.1) is 46.3 Å². The van der Waals surface area contributed by atoms with Gasteiger partial charge < -0.3 is 9.16 Å². The molecule has 4 aliphatic carbocycles. The third kappa shape index (κ3) is 4.50. The quantitative estimate of drug-likeness (QED) is 0.277. The van der Waals surface area contributed by atoms with Crippen LogP contribution in [0.5, 0.6) is 0 Å². The van der Waals surface area contributed by atoms with Crippen molar-refractivity contribution >= 4 is 14.3 Å². The molecule has 190 valence electrons. The highest BCUT2D eigenvalue weighted by Gasteiger charge is 2.64. The van der Waals surface area contributed by atoms with Crippen LogP contribution in [0.1, 0.15) is 98.3 Å². The number of rotatable bonds is 7. The lowest BCUT2D eigenvalue weighted by molar-refractivity contribution is -0.163. The lowest BCUT2D eigenvalue weighted by Crippen LogP contribution is -2.60. The summed E-state index contributed by atoms with van der Waals surface area (Å²) in [6.07, 6.45) is 14.6. The van der Waals surface area contributed by atoms with Crippen molar-refractivity contribution in [2.45, 2.75) is 124 Å². The van der Waals surface area contributed by atoms with Gasteiger partial charge in [0.2, 0.25) is 0 Å². The Hall–Kier alpha value is -0.353. The smallest absolute Gasteiger partial charge is 0.305 e. The fraction of sp³-hybridized carbons (Fsp3) is 0.966. The van der Waals surface area contributed by atoms with Crippen LogP contribution >= 0.6 is 0 Å². The van der Waals surface area contributed by atoms with E-state index in [1.807, 2.05) is 0 Å². The van der Waals surface area contributed by atoms with E-state index in [0.717, 1.165) is 30.1 Å². The van der Waals surface area contributed by atoms with E-state index in [4.69, 9.17) is 9.16 Å². The average molecular weight is 477 g/mol. The molecule has 0 heterocycles. The summed E-state index contributed by atoms with van der Waals surface area (Å²) in [7, 11) is -0.158. The number of fused-ring (bicyclic) bond motifs is 5. The summed E-state index contributed by atoms with van der Waals surface area (Å²) in [5.74, 6) is 4.65. The van der Waals surface area contributed by atoms with Crippen molar-refractivity contribution in [3.05, 3.63) is 0 Å². The van der Waals surface area contributed by atoms with Crippen molar-refractivity contribution in [1.29, 1.82) is 0 Å². The monoisotopic (exact) mass is 476 g/mol. The standard InChI is InChI=1S/C29H52O3Si/c1-8-33(6,7)32-26-19-25-22(14-13-21-11-9-10-18-28(21,25)3)24-16-15-23(29(24,26)4)20(2)12-17-27(30)31-5/h20-26H,8-19H2,1-7H3/t20-,21+,22+,23-,24+,25+,26-,28+,29-/m1/s1. The van der Waals surface area contributed by atoms with Crippen LogP contribution in [0.3, 0.4) is 0 Å². The lowest BCUT2D eigenvalue weighted by atomic mass is 9.44. The Labute approximate surface area is 205 Å². The van der Waals surface area contributed by atoms with Crippen LogP contribution in [0.25, 0.3) is 0 Å². The molecule has 0 aromatic heterocycles. The van der Waals surface area contributed by atoms with Gasteiger partial charge in [-0.05, 0) is 117 Å². The lowest BCUT2D eigenvalue weighted by Gasteiger charge is -2.63. The zero-order valence-electron chi connectivity index (χ0n) is 22.8. The van der Waals surface area contributed by atoms with Gasteiger partial charge in [0.25, 0.3) is 0 Å². The molecule has 9 atom stereocenters. The summed E-state index contributed by atoms with van der Waals surface area (Å²) < 4.78 is 12.3. The fourth-order valence-corrected chi connectivity index (χ4v) is 10.8. The minimum absolute atomic E-state index is 0.0545. The third-order valence-corrected chi connectivity index (χ3v) is 14.4. The zero-order chi connectivity index (χ0) is 24.0. The van der Waals surface area contributed by atoms with Crippen molar-refractivity contribution in [1.82, 2.24) is 0 Å². The van der Waals surface area contributed by atoms with E-state index in [2.05, 4.69) is 40.8 Å². The molecular weight excluding hydrogens is 424 g/mol. The molecule has 0 radical (unpaired) electrons. The number of esters is 1. The fourth-order valence-electron chi connectivity index (χ4n) is 9.49. The van der Waals surface area contributed by atoms with E-state index in [9.17, 15) is 4.79 Å². The Morgan fingerprint density at radius 3 is 2.52 bits per heavy atom. The molecule has 4 aliphatic rings. The molecule has 0 aliphatic heterocycles. The van der Waals surface area contributed by atoms with Crippen LogP contribution in [0.15, 0.2) is 0 Å². The molecule has 4 fully saturated rings. The summed E-state index contributed by atoms with van der Waals surface area (Å²) in [5, 5.41) is 0. The molecule has 4 heteroatoms. The molecule has 0 saturated heterocycles. The maximum absolute atomic E-state index is 11.9. The Balaban J connectivity index is 1.65. The summed E-state index contributed by atoms with van der Waals surface area (Å²) in [6, 6.07) is 1.20. The van der Waals surface area contributed by atoms with Gasteiger partial charge in [0.05, 0.1) is 13.2 Å². The van der Waals surface area contributed by atoms with Crippen molar-refractivity contribution < 1.29 is 14.0 Å². The second-order valence-corrected chi connectivity index (χ2v) is 18.0. The molecular formula is C29H52O3Si. The second kappa shape index (κ2) is 9.60. The summed E-state index contributed by atoms with van der Waals surface area (Å²) in [5.41, 5.74) is 0.796. The van der Waals surface area contributed by atoms with E-state index in [1.165, 1.54) is 70.9 Å². The topological polar surface area (TPSA) is 35.5 Å². The molecule has 4 saturated carbocycles. The third-order valence-electron chi connectivity index (χ3n) is 11.8. The van der Waals surface area contributed by atoms with E-state index in [1.54, 1.807) is 0 Å². The van der Waals surface area contributed by atoms with E-state index >= 15 is 0 Å². The van der Waals surface area contributed by atoms with Crippen molar-refractivity contribution in [2.75, 3.05) is 7.11 Å². The van der Waals surface area contributed by atoms with Gasteiger partial charge in [-0.3, -0.25) is 4.79 Å². The molecule has 3 nitrogen and oxygen atoms in total. The molecule has 0 spiro atoms. The molecule has 4 rings (SSSR count). The molecule has 0 aromatic carbocycles. The molecule has 0 amide bonds. The first kappa shape index (κ1) is 25.7. The summed E-state index contributed by atoms with van der Waals surface area (Å²) in [6.45, 7) is 14.9. The molecule has 0 N–H and O–H groups in total. The summed E-state index contributed by atoms with van der Waals surface area (Å²) in [4.78, 5) is 11.9. The highest BCUT2D eigenvalue weighted by Crippen LogP contribution is 2.69. The predicted octanol–water partition coefficient (Wildman–Crippen LogP) is 7.84. The van der Waals surface area contributed by atoms with Crippen LogP contribution in [0.2, 0.25) is 19.1 Å². The minimum Gasteiger partial charge on any atom is -0.469 e. The number of carbonyl (C=O) groups excluding carboxylic acids is 1. The van der Waals surface area contributed by atoms with Gasteiger partial charge in [-0.15, -0.1) is 0 Å². The largest absolute Gasteiger partial charge is 0.469 e. The van der Waals surface area contributed by atoms with Gasteiger partial charge in [0.15, 0.2) is 8.32 Å². The van der Waals surface area contributed by atoms with Gasteiger partial charge in [0, 0.05) is 6.42 Å². The van der Waals surface area contributed by atoms with E-state index in [-0.39, 0.29) is 11.4 Å². The average Bonchev–Trinajstić information content (AvgIpc) is 3.15. The van der Waals surface area contributed by atoms with Gasteiger partial charge in [-0.1, -0.05) is 40.5 Å². The first-order chi connectivity index (χ1) is 15.6. The van der Waals surface area contributed by atoms with Gasteiger partial charge >= 0.3 is 5.97 Å². The predicted molar refractivity (Wildman–Crippen MR) is 138 cm³/mol. The maximum atomic E-state index is 11.9. The van der Waals surface area contributed by atoms with Crippen LogP contribution < -0.4 is 0 Å². The highest BCUT2D eigenvalue weighted by molar-refractivity contribution is 6.71. The van der Waals surface area contributed by atoms with Crippen LogP contribution in [-0.4, -0.2) is 27.5 Å². The van der Waals surface area contributed by atoms with E-state index < -0.39 is 8.32 Å². The Kier molecular flexibility index (Phi) is 7.48. The Bertz CT molecular complexity index is 707. The highest BCUT2D eigenvalue weighted by atomic mass is 28.4. The zero-order valence-corrected chi connectivity index (χ0v) is 23.8. The first-order valence-corrected chi connectivity index (χ1v) is 17.4. The number of hydrogen-bond donors (Lipinski definition) is 0. The second-order valence-electron chi connectivity index (χ2n) is 13.5. The van der Waals surface area contributed by atoms with Crippen molar-refractivity contribution in [2.24, 2.45) is 46.3 Å². The number of carbonyl (C=O) groups is 1. The molecule has 0 bridgehead atoms. The maximum Gasteiger partial charge on any atom is 0.305 e. The van der Waals surface area contributed by atoms with Gasteiger partial charge in [-0.25, -0.2) is 0 Å². The SMILES string of the molecule is CC[Si](C)(C)O[C@@H]1C[C@H]2[C@@H](CC[C@@H]3CCCC[C@@]32C)[C@@H]2CC[C@H]([C@H](C)CCC(=O)OC)[C@@]12C. The molecule has 0 unspecified atom stereocenters. The molecule has 33 heavy (non-hydrogen) atoms. The minimum atomic E-state index is -1.68. The van der Waals surface area contributed by atoms with Crippen LogP contribution in [0.4, 0.5) is 0 Å². The Morgan fingerprint density at radius 2 is 1.82 bits per heavy atom. The Morgan fingerprint density at radius 1 is 1.06 bits per heavy atom. The number of ether oxygens (including phenoxy) is 1. The van der Waals surface area contributed by atoms with Crippen molar-refractivity contribution in [3.63, 3.8) is 0 Å². The number of hydrogen-bond acceptors (Lipinski definition) is 3.